The van der Waals surface area contributed by atoms with E-state index >= 15 is 0 Å². The highest BCUT2D eigenvalue weighted by Gasteiger charge is 2.33. The van der Waals surface area contributed by atoms with Gasteiger partial charge in [0.15, 0.2) is 0 Å². The quantitative estimate of drug-likeness (QED) is 0.732. The van der Waals surface area contributed by atoms with Gasteiger partial charge in [-0.2, -0.15) is 0 Å². The Hall–Kier alpha value is -0.130. The van der Waals surface area contributed by atoms with E-state index < -0.39 is 9.84 Å². The van der Waals surface area contributed by atoms with Crippen LogP contribution in [0.1, 0.15) is 39.5 Å². The van der Waals surface area contributed by atoms with Crippen LogP contribution in [0.15, 0.2) is 0 Å². The molecule has 0 aromatic carbocycles. The molecule has 0 spiro atoms. The molecule has 1 rings (SSSR count). The lowest BCUT2D eigenvalue weighted by molar-refractivity contribution is 0.0135. The van der Waals surface area contributed by atoms with Crippen LogP contribution in [0, 0.1) is 5.41 Å². The maximum absolute atomic E-state index is 11.8. The number of hydrogen-bond acceptors (Lipinski definition) is 4. The first-order valence-corrected chi connectivity index (χ1v) is 8.84. The highest BCUT2D eigenvalue weighted by atomic mass is 32.2. The Bertz CT molecular complexity index is 321. The minimum atomic E-state index is -2.86. The van der Waals surface area contributed by atoms with E-state index in [0.717, 1.165) is 45.6 Å². The number of nitrogens with one attached hydrogen (secondary N) is 1. The molecule has 0 amide bonds. The summed E-state index contributed by atoms with van der Waals surface area (Å²) in [6, 6.07) is 0. The van der Waals surface area contributed by atoms with Gasteiger partial charge in [0.2, 0.25) is 0 Å². The number of hydrogen-bond donors (Lipinski definition) is 1. The molecule has 0 atom stereocenters. The topological polar surface area (TPSA) is 55.4 Å². The first-order chi connectivity index (χ1) is 8.54. The summed E-state index contributed by atoms with van der Waals surface area (Å²) in [6.45, 7) is 7.37. The van der Waals surface area contributed by atoms with Crippen LogP contribution in [0.5, 0.6) is 0 Å². The molecule has 1 aliphatic rings. The van der Waals surface area contributed by atoms with Crippen molar-refractivity contribution in [3.05, 3.63) is 0 Å². The summed E-state index contributed by atoms with van der Waals surface area (Å²) in [7, 11) is -2.86. The molecule has 1 fully saturated rings. The van der Waals surface area contributed by atoms with Gasteiger partial charge in [-0.05, 0) is 37.6 Å². The Morgan fingerprint density at radius 3 is 2.39 bits per heavy atom. The normalized spacial score (nSPS) is 19.9. The summed E-state index contributed by atoms with van der Waals surface area (Å²) < 4.78 is 29.1. The van der Waals surface area contributed by atoms with Crippen molar-refractivity contribution in [2.24, 2.45) is 5.41 Å². The lowest BCUT2D eigenvalue weighted by atomic mass is 9.78. The molecule has 1 N–H and O–H groups in total. The molecule has 0 radical (unpaired) electrons. The highest BCUT2D eigenvalue weighted by Crippen LogP contribution is 2.34. The number of rotatable bonds is 8. The summed E-state index contributed by atoms with van der Waals surface area (Å²) >= 11 is 0. The summed E-state index contributed by atoms with van der Waals surface area (Å²) in [5, 5.41) is 3.38. The summed E-state index contributed by atoms with van der Waals surface area (Å²) in [6.07, 6.45) is 3.43. The van der Waals surface area contributed by atoms with Gasteiger partial charge < -0.3 is 10.1 Å². The molecule has 108 valence electrons. The molecule has 1 aliphatic heterocycles. The molecule has 0 bridgehead atoms. The predicted octanol–water partition coefficient (Wildman–Crippen LogP) is 1.61. The molecular weight excluding hydrogens is 250 g/mol. The second-order valence-corrected chi connectivity index (χ2v) is 7.60. The van der Waals surface area contributed by atoms with Crippen molar-refractivity contribution in [1.82, 2.24) is 5.32 Å². The van der Waals surface area contributed by atoms with Gasteiger partial charge in [0.1, 0.15) is 9.84 Å². The first-order valence-electron chi connectivity index (χ1n) is 7.02. The van der Waals surface area contributed by atoms with E-state index in [4.69, 9.17) is 4.74 Å². The molecule has 0 aromatic rings. The fourth-order valence-corrected chi connectivity index (χ4v) is 4.06. The summed E-state index contributed by atoms with van der Waals surface area (Å²) in [4.78, 5) is 0. The van der Waals surface area contributed by atoms with Crippen molar-refractivity contribution in [2.75, 3.05) is 37.8 Å². The van der Waals surface area contributed by atoms with Gasteiger partial charge in [-0.1, -0.05) is 13.8 Å². The SMILES string of the molecule is CCCS(=O)(=O)CCC1(CNCC)CCOCC1. The van der Waals surface area contributed by atoms with E-state index in [-0.39, 0.29) is 5.41 Å². The zero-order valence-electron chi connectivity index (χ0n) is 11.7. The predicted molar refractivity (Wildman–Crippen MR) is 74.6 cm³/mol. The van der Waals surface area contributed by atoms with Crippen molar-refractivity contribution in [3.63, 3.8) is 0 Å². The molecule has 0 unspecified atom stereocenters. The molecule has 1 heterocycles. The molecule has 18 heavy (non-hydrogen) atoms. The van der Waals surface area contributed by atoms with Gasteiger partial charge in [-0.15, -0.1) is 0 Å². The average molecular weight is 277 g/mol. The zero-order chi connectivity index (χ0) is 13.5. The molecular formula is C13H27NO3S. The van der Waals surface area contributed by atoms with E-state index in [0.29, 0.717) is 17.9 Å². The van der Waals surface area contributed by atoms with Gasteiger partial charge in [0, 0.05) is 25.5 Å². The molecule has 5 heteroatoms. The third-order valence-corrected chi connectivity index (χ3v) is 5.62. The van der Waals surface area contributed by atoms with Crippen LogP contribution in [-0.4, -0.2) is 46.2 Å². The summed E-state index contributed by atoms with van der Waals surface area (Å²) in [5.41, 5.74) is 0.120. The standard InChI is InChI=1S/C13H27NO3S/c1-3-10-18(15,16)11-7-13(12-14-4-2)5-8-17-9-6-13/h14H,3-12H2,1-2H3. The van der Waals surface area contributed by atoms with Gasteiger partial charge in [-0.3, -0.25) is 0 Å². The number of ether oxygens (including phenoxy) is 1. The molecule has 0 aliphatic carbocycles. The van der Waals surface area contributed by atoms with Gasteiger partial charge in [0.25, 0.3) is 0 Å². The molecule has 0 aromatic heterocycles. The Labute approximate surface area is 111 Å². The monoisotopic (exact) mass is 277 g/mol. The van der Waals surface area contributed by atoms with Crippen LogP contribution in [0.25, 0.3) is 0 Å². The Kier molecular flexibility index (Phi) is 6.60. The lowest BCUT2D eigenvalue weighted by Crippen LogP contribution is -2.40. The Morgan fingerprint density at radius 2 is 1.83 bits per heavy atom. The Morgan fingerprint density at radius 1 is 1.17 bits per heavy atom. The van der Waals surface area contributed by atoms with Crippen LogP contribution in [0.3, 0.4) is 0 Å². The highest BCUT2D eigenvalue weighted by molar-refractivity contribution is 7.91. The van der Waals surface area contributed by atoms with E-state index in [2.05, 4.69) is 12.2 Å². The van der Waals surface area contributed by atoms with E-state index in [1.165, 1.54) is 0 Å². The van der Waals surface area contributed by atoms with Crippen molar-refractivity contribution in [1.29, 1.82) is 0 Å². The number of sulfone groups is 1. The Balaban J connectivity index is 2.55. The maximum Gasteiger partial charge on any atom is 0.150 e. The van der Waals surface area contributed by atoms with Crippen molar-refractivity contribution in [2.45, 2.75) is 39.5 Å². The van der Waals surface area contributed by atoms with Gasteiger partial charge in [-0.25, -0.2) is 8.42 Å². The van der Waals surface area contributed by atoms with Gasteiger partial charge >= 0.3 is 0 Å². The van der Waals surface area contributed by atoms with Crippen LogP contribution in [0.4, 0.5) is 0 Å². The molecule has 1 saturated heterocycles. The van der Waals surface area contributed by atoms with Crippen LogP contribution in [-0.2, 0) is 14.6 Å². The van der Waals surface area contributed by atoms with Crippen molar-refractivity contribution < 1.29 is 13.2 Å². The molecule has 4 nitrogen and oxygen atoms in total. The van der Waals surface area contributed by atoms with E-state index in [9.17, 15) is 8.42 Å². The van der Waals surface area contributed by atoms with Gasteiger partial charge in [0.05, 0.1) is 5.75 Å². The zero-order valence-corrected chi connectivity index (χ0v) is 12.5. The third kappa shape index (κ3) is 5.24. The molecule has 0 saturated carbocycles. The van der Waals surface area contributed by atoms with Crippen LogP contribution in [0.2, 0.25) is 0 Å². The largest absolute Gasteiger partial charge is 0.381 e. The minimum absolute atomic E-state index is 0.120. The third-order valence-electron chi connectivity index (χ3n) is 3.76. The van der Waals surface area contributed by atoms with Crippen molar-refractivity contribution in [3.8, 4) is 0 Å². The average Bonchev–Trinajstić information content (AvgIpc) is 2.36. The lowest BCUT2D eigenvalue weighted by Gasteiger charge is -2.37. The van der Waals surface area contributed by atoms with Crippen LogP contribution < -0.4 is 5.32 Å². The minimum Gasteiger partial charge on any atom is -0.381 e. The fraction of sp³-hybridized carbons (Fsp3) is 1.00. The second kappa shape index (κ2) is 7.46. The van der Waals surface area contributed by atoms with E-state index in [1.807, 2.05) is 6.92 Å². The van der Waals surface area contributed by atoms with Crippen molar-refractivity contribution >= 4 is 9.84 Å². The maximum atomic E-state index is 11.8. The first kappa shape index (κ1) is 15.9. The smallest absolute Gasteiger partial charge is 0.150 e. The summed E-state index contributed by atoms with van der Waals surface area (Å²) in [5.74, 6) is 0.646. The fourth-order valence-electron chi connectivity index (χ4n) is 2.49. The van der Waals surface area contributed by atoms with E-state index in [1.54, 1.807) is 0 Å². The van der Waals surface area contributed by atoms with Crippen LogP contribution >= 0.6 is 0 Å². The second-order valence-electron chi connectivity index (χ2n) is 5.29.